The SMILES string of the molecule is COCC(C)(NC1CC1)c1nc(C(C)C)cs1. The van der Waals surface area contributed by atoms with E-state index in [1.165, 1.54) is 18.5 Å². The Bertz CT molecular complexity index is 373. The van der Waals surface area contributed by atoms with Crippen LogP contribution < -0.4 is 5.32 Å². The van der Waals surface area contributed by atoms with E-state index in [9.17, 15) is 0 Å². The molecule has 0 bridgehead atoms. The number of ether oxygens (including phenoxy) is 1. The van der Waals surface area contributed by atoms with Crippen LogP contribution in [0.3, 0.4) is 0 Å². The summed E-state index contributed by atoms with van der Waals surface area (Å²) in [5.41, 5.74) is 1.05. The van der Waals surface area contributed by atoms with Crippen molar-refractivity contribution in [3.63, 3.8) is 0 Å². The van der Waals surface area contributed by atoms with Crippen molar-refractivity contribution < 1.29 is 4.74 Å². The molecular weight excluding hydrogens is 232 g/mol. The summed E-state index contributed by atoms with van der Waals surface area (Å²) in [4.78, 5) is 4.76. The minimum absolute atomic E-state index is 0.131. The van der Waals surface area contributed by atoms with Crippen molar-refractivity contribution in [1.29, 1.82) is 0 Å². The number of rotatable bonds is 6. The maximum absolute atomic E-state index is 5.36. The van der Waals surface area contributed by atoms with Crippen molar-refractivity contribution in [3.05, 3.63) is 16.1 Å². The van der Waals surface area contributed by atoms with E-state index in [1.807, 2.05) is 0 Å². The van der Waals surface area contributed by atoms with Crippen molar-refractivity contribution >= 4 is 11.3 Å². The predicted molar refractivity (Wildman–Crippen MR) is 71.6 cm³/mol. The van der Waals surface area contributed by atoms with Gasteiger partial charge in [0.05, 0.1) is 17.8 Å². The molecule has 1 saturated carbocycles. The third-order valence-corrected chi connectivity index (χ3v) is 4.24. The van der Waals surface area contributed by atoms with Gasteiger partial charge in [0.2, 0.25) is 0 Å². The lowest BCUT2D eigenvalue weighted by Crippen LogP contribution is -2.44. The maximum Gasteiger partial charge on any atom is 0.115 e. The lowest BCUT2D eigenvalue weighted by molar-refractivity contribution is 0.116. The van der Waals surface area contributed by atoms with Crippen LogP contribution in [0.25, 0.3) is 0 Å². The fraction of sp³-hybridized carbons (Fsp3) is 0.769. The van der Waals surface area contributed by atoms with Crippen molar-refractivity contribution in [2.24, 2.45) is 0 Å². The second-order valence-electron chi connectivity index (χ2n) is 5.42. The van der Waals surface area contributed by atoms with E-state index in [1.54, 1.807) is 18.4 Å². The van der Waals surface area contributed by atoms with Gasteiger partial charge in [-0.15, -0.1) is 11.3 Å². The van der Waals surface area contributed by atoms with Gasteiger partial charge < -0.3 is 10.1 Å². The monoisotopic (exact) mass is 254 g/mol. The van der Waals surface area contributed by atoms with E-state index < -0.39 is 0 Å². The fourth-order valence-electron chi connectivity index (χ4n) is 1.94. The molecule has 0 spiro atoms. The molecule has 4 heteroatoms. The van der Waals surface area contributed by atoms with Crippen LogP contribution in [0.1, 0.15) is 50.2 Å². The molecule has 0 amide bonds. The highest BCUT2D eigenvalue weighted by molar-refractivity contribution is 7.09. The lowest BCUT2D eigenvalue weighted by Gasteiger charge is -2.28. The van der Waals surface area contributed by atoms with Crippen LogP contribution in [0.5, 0.6) is 0 Å². The van der Waals surface area contributed by atoms with E-state index >= 15 is 0 Å². The summed E-state index contributed by atoms with van der Waals surface area (Å²) in [6.07, 6.45) is 2.56. The van der Waals surface area contributed by atoms with E-state index in [-0.39, 0.29) is 5.54 Å². The van der Waals surface area contributed by atoms with E-state index in [4.69, 9.17) is 9.72 Å². The highest BCUT2D eigenvalue weighted by atomic mass is 32.1. The summed E-state index contributed by atoms with van der Waals surface area (Å²) in [6.45, 7) is 7.23. The zero-order valence-corrected chi connectivity index (χ0v) is 11.9. The number of aromatic nitrogens is 1. The van der Waals surface area contributed by atoms with Gasteiger partial charge in [0.25, 0.3) is 0 Å². The Kier molecular flexibility index (Phi) is 3.85. The summed E-state index contributed by atoms with van der Waals surface area (Å²) in [5, 5.41) is 6.98. The molecule has 0 radical (unpaired) electrons. The van der Waals surface area contributed by atoms with E-state index in [0.717, 1.165) is 5.01 Å². The molecule has 0 aliphatic heterocycles. The molecule has 2 rings (SSSR count). The highest BCUT2D eigenvalue weighted by Gasteiger charge is 2.36. The number of hydrogen-bond donors (Lipinski definition) is 1. The molecule has 1 aliphatic carbocycles. The first kappa shape index (κ1) is 13.0. The molecule has 1 aliphatic rings. The Labute approximate surface area is 108 Å². The normalized spacial score (nSPS) is 19.6. The third kappa shape index (κ3) is 3.06. The van der Waals surface area contributed by atoms with E-state index in [0.29, 0.717) is 18.6 Å². The summed E-state index contributed by atoms with van der Waals surface area (Å²) >= 11 is 1.74. The Morgan fingerprint density at radius 3 is 2.76 bits per heavy atom. The predicted octanol–water partition coefficient (Wildman–Crippen LogP) is 2.88. The first-order valence-corrected chi connectivity index (χ1v) is 7.15. The Balaban J connectivity index is 2.17. The highest BCUT2D eigenvalue weighted by Crippen LogP contribution is 2.31. The Hall–Kier alpha value is -0.450. The van der Waals surface area contributed by atoms with Crippen molar-refractivity contribution in [2.75, 3.05) is 13.7 Å². The molecule has 1 heterocycles. The molecule has 17 heavy (non-hydrogen) atoms. The Morgan fingerprint density at radius 1 is 1.59 bits per heavy atom. The molecule has 0 aromatic carbocycles. The minimum atomic E-state index is -0.131. The Morgan fingerprint density at radius 2 is 2.29 bits per heavy atom. The maximum atomic E-state index is 5.36. The standard InChI is InChI=1S/C13H22N2OS/c1-9(2)11-7-17-12(14-11)13(3,8-16-4)15-10-5-6-10/h7,9-10,15H,5-6,8H2,1-4H3. The van der Waals surface area contributed by atoms with Gasteiger partial charge >= 0.3 is 0 Å². The zero-order chi connectivity index (χ0) is 12.5. The molecular formula is C13H22N2OS. The van der Waals surface area contributed by atoms with Crippen LogP contribution in [0, 0.1) is 0 Å². The van der Waals surface area contributed by atoms with Gasteiger partial charge in [-0.25, -0.2) is 4.98 Å². The molecule has 1 unspecified atom stereocenters. The molecule has 1 fully saturated rings. The molecule has 1 N–H and O–H groups in total. The van der Waals surface area contributed by atoms with Gasteiger partial charge in [0.1, 0.15) is 5.01 Å². The summed E-state index contributed by atoms with van der Waals surface area (Å²) in [6, 6.07) is 0.654. The van der Waals surface area contributed by atoms with Gasteiger partial charge in [-0.1, -0.05) is 13.8 Å². The smallest absolute Gasteiger partial charge is 0.115 e. The number of hydrogen-bond acceptors (Lipinski definition) is 4. The molecule has 96 valence electrons. The number of thiazole rings is 1. The van der Waals surface area contributed by atoms with Gasteiger partial charge in [-0.3, -0.25) is 0 Å². The van der Waals surface area contributed by atoms with Crippen LogP contribution in [0.15, 0.2) is 5.38 Å². The van der Waals surface area contributed by atoms with Crippen molar-refractivity contribution in [2.45, 2.75) is 51.1 Å². The number of methoxy groups -OCH3 is 1. The summed E-state index contributed by atoms with van der Waals surface area (Å²) < 4.78 is 5.36. The number of nitrogens with zero attached hydrogens (tertiary/aromatic N) is 1. The summed E-state index contributed by atoms with van der Waals surface area (Å²) in [5.74, 6) is 0.493. The van der Waals surface area contributed by atoms with Gasteiger partial charge in [-0.05, 0) is 25.7 Å². The average Bonchev–Trinajstić information content (AvgIpc) is 2.92. The third-order valence-electron chi connectivity index (χ3n) is 3.12. The molecule has 1 aromatic rings. The minimum Gasteiger partial charge on any atom is -0.382 e. The average molecular weight is 254 g/mol. The molecule has 1 aromatic heterocycles. The first-order chi connectivity index (χ1) is 8.05. The van der Waals surface area contributed by atoms with Crippen LogP contribution in [0.2, 0.25) is 0 Å². The van der Waals surface area contributed by atoms with Crippen LogP contribution >= 0.6 is 11.3 Å². The second-order valence-corrected chi connectivity index (χ2v) is 6.27. The van der Waals surface area contributed by atoms with E-state index in [2.05, 4.69) is 31.5 Å². The second kappa shape index (κ2) is 5.04. The van der Waals surface area contributed by atoms with Crippen LogP contribution in [-0.4, -0.2) is 24.7 Å². The van der Waals surface area contributed by atoms with Crippen LogP contribution in [-0.2, 0) is 10.3 Å². The largest absolute Gasteiger partial charge is 0.382 e. The molecule has 1 atom stereocenters. The van der Waals surface area contributed by atoms with Crippen molar-refractivity contribution in [3.8, 4) is 0 Å². The topological polar surface area (TPSA) is 34.1 Å². The van der Waals surface area contributed by atoms with Gasteiger partial charge in [-0.2, -0.15) is 0 Å². The zero-order valence-electron chi connectivity index (χ0n) is 11.1. The molecule has 3 nitrogen and oxygen atoms in total. The molecule has 0 saturated heterocycles. The lowest BCUT2D eigenvalue weighted by atomic mass is 10.0. The van der Waals surface area contributed by atoms with Crippen molar-refractivity contribution in [1.82, 2.24) is 10.3 Å². The number of nitrogens with one attached hydrogen (secondary N) is 1. The van der Waals surface area contributed by atoms with Gasteiger partial charge in [0.15, 0.2) is 0 Å². The quantitative estimate of drug-likeness (QED) is 0.847. The van der Waals surface area contributed by atoms with Crippen LogP contribution in [0.4, 0.5) is 0 Å². The summed E-state index contributed by atoms with van der Waals surface area (Å²) in [7, 11) is 1.75. The fourth-order valence-corrected chi connectivity index (χ4v) is 3.03. The first-order valence-electron chi connectivity index (χ1n) is 6.27. The van der Waals surface area contributed by atoms with Gasteiger partial charge in [0, 0.05) is 18.5 Å².